The molecule has 1 fully saturated rings. The molecule has 2 atom stereocenters. The highest BCUT2D eigenvalue weighted by Gasteiger charge is 2.33. The molecule has 3 nitrogen and oxygen atoms in total. The Balaban J connectivity index is 1.90. The third kappa shape index (κ3) is 5.11. The van der Waals surface area contributed by atoms with E-state index in [1.54, 1.807) is 12.1 Å². The summed E-state index contributed by atoms with van der Waals surface area (Å²) in [5, 5.41) is 9.18. The van der Waals surface area contributed by atoms with Crippen LogP contribution < -0.4 is 4.90 Å². The molecule has 0 aliphatic carbocycles. The molecule has 1 heterocycles. The van der Waals surface area contributed by atoms with Crippen molar-refractivity contribution in [2.24, 2.45) is 5.92 Å². The molecule has 1 aliphatic rings. The number of hydrogen-bond acceptors (Lipinski definition) is 2. The van der Waals surface area contributed by atoms with Crippen molar-refractivity contribution in [1.29, 1.82) is 0 Å². The maximum atomic E-state index is 12.9. The number of carboxylic acid groups (broad SMARTS) is 1. The second-order valence-electron chi connectivity index (χ2n) is 8.08. The SMILES string of the molecule is CC(C)c1ccc(N2C[C@H](CC(=O)O)CC[C@H]2c2ccc(C(F)(F)F)cc2)cc1. The third-order valence-electron chi connectivity index (χ3n) is 5.66. The van der Waals surface area contributed by atoms with Crippen LogP contribution in [0.3, 0.4) is 0 Å². The molecule has 1 saturated heterocycles. The molecule has 0 bridgehead atoms. The van der Waals surface area contributed by atoms with Crippen LogP contribution in [0.5, 0.6) is 0 Å². The highest BCUT2D eigenvalue weighted by molar-refractivity contribution is 5.67. The van der Waals surface area contributed by atoms with Crippen LogP contribution in [0.15, 0.2) is 48.5 Å². The number of alkyl halides is 3. The molecule has 0 saturated carbocycles. The molecule has 2 aromatic rings. The summed E-state index contributed by atoms with van der Waals surface area (Å²) in [5.41, 5.74) is 2.33. The van der Waals surface area contributed by atoms with E-state index < -0.39 is 17.7 Å². The van der Waals surface area contributed by atoms with Crippen LogP contribution in [0.25, 0.3) is 0 Å². The topological polar surface area (TPSA) is 40.5 Å². The molecule has 3 rings (SSSR count). The molecule has 29 heavy (non-hydrogen) atoms. The van der Waals surface area contributed by atoms with Crippen LogP contribution in [0.4, 0.5) is 18.9 Å². The van der Waals surface area contributed by atoms with E-state index in [4.69, 9.17) is 0 Å². The first-order valence-corrected chi connectivity index (χ1v) is 9.90. The first-order valence-electron chi connectivity index (χ1n) is 9.90. The van der Waals surface area contributed by atoms with E-state index in [-0.39, 0.29) is 18.4 Å². The zero-order valence-electron chi connectivity index (χ0n) is 16.6. The number of rotatable bonds is 5. The highest BCUT2D eigenvalue weighted by atomic mass is 19.4. The van der Waals surface area contributed by atoms with Gasteiger partial charge in [-0.2, -0.15) is 13.2 Å². The first-order chi connectivity index (χ1) is 13.6. The van der Waals surface area contributed by atoms with Crippen LogP contribution in [-0.2, 0) is 11.0 Å². The van der Waals surface area contributed by atoms with Gasteiger partial charge in [0.25, 0.3) is 0 Å². The lowest BCUT2D eigenvalue weighted by Gasteiger charge is -2.41. The minimum Gasteiger partial charge on any atom is -0.481 e. The van der Waals surface area contributed by atoms with Crippen LogP contribution >= 0.6 is 0 Å². The van der Waals surface area contributed by atoms with Gasteiger partial charge in [-0.05, 0) is 60.1 Å². The van der Waals surface area contributed by atoms with Crippen molar-refractivity contribution in [1.82, 2.24) is 0 Å². The third-order valence-corrected chi connectivity index (χ3v) is 5.66. The predicted molar refractivity (Wildman–Crippen MR) is 107 cm³/mol. The van der Waals surface area contributed by atoms with Gasteiger partial charge in [-0.25, -0.2) is 0 Å². The van der Waals surface area contributed by atoms with Crippen molar-refractivity contribution in [3.05, 3.63) is 65.2 Å². The predicted octanol–water partition coefficient (Wildman–Crippen LogP) is 6.26. The van der Waals surface area contributed by atoms with Gasteiger partial charge in [-0.1, -0.05) is 38.1 Å². The lowest BCUT2D eigenvalue weighted by molar-refractivity contribution is -0.138. The summed E-state index contributed by atoms with van der Waals surface area (Å²) in [6, 6.07) is 13.4. The van der Waals surface area contributed by atoms with Crippen LogP contribution in [-0.4, -0.2) is 17.6 Å². The molecule has 0 spiro atoms. The fourth-order valence-electron chi connectivity index (χ4n) is 4.04. The second-order valence-corrected chi connectivity index (χ2v) is 8.08. The van der Waals surface area contributed by atoms with Gasteiger partial charge < -0.3 is 10.0 Å². The lowest BCUT2D eigenvalue weighted by Crippen LogP contribution is -2.39. The molecule has 0 radical (unpaired) electrons. The molecule has 1 N–H and O–H groups in total. The zero-order valence-corrected chi connectivity index (χ0v) is 16.6. The fourth-order valence-corrected chi connectivity index (χ4v) is 4.04. The van der Waals surface area contributed by atoms with E-state index in [1.165, 1.54) is 5.56 Å². The normalized spacial score (nSPS) is 20.1. The number of benzene rings is 2. The van der Waals surface area contributed by atoms with Gasteiger partial charge in [0.1, 0.15) is 0 Å². The Labute approximate surface area is 169 Å². The Hall–Kier alpha value is -2.50. The number of carbonyl (C=O) groups is 1. The maximum Gasteiger partial charge on any atom is 0.416 e. The zero-order chi connectivity index (χ0) is 21.2. The minimum atomic E-state index is -4.36. The molecular weight excluding hydrogens is 379 g/mol. The standard InChI is InChI=1S/C23H26F3NO2/c1-15(2)17-6-10-20(11-7-17)27-14-16(13-22(28)29)3-12-21(27)18-4-8-19(9-5-18)23(24,25)26/h4-11,15-16,21H,3,12-14H2,1-2H3,(H,28,29)/t16-,21-/m0/s1. The Morgan fingerprint density at radius 1 is 1.07 bits per heavy atom. The number of anilines is 1. The van der Waals surface area contributed by atoms with E-state index in [0.29, 0.717) is 18.9 Å². The number of hydrogen-bond donors (Lipinski definition) is 1. The Kier molecular flexibility index (Phi) is 6.20. The number of nitrogens with zero attached hydrogens (tertiary/aromatic N) is 1. The van der Waals surface area contributed by atoms with E-state index in [1.807, 2.05) is 12.1 Å². The van der Waals surface area contributed by atoms with Crippen molar-refractivity contribution in [3.8, 4) is 0 Å². The first kappa shape index (κ1) is 21.2. The van der Waals surface area contributed by atoms with E-state index in [0.717, 1.165) is 29.8 Å². The molecule has 0 amide bonds. The van der Waals surface area contributed by atoms with Gasteiger partial charge in [0.05, 0.1) is 11.6 Å². The maximum absolute atomic E-state index is 12.9. The molecule has 0 aromatic heterocycles. The van der Waals surface area contributed by atoms with E-state index in [2.05, 4.69) is 30.9 Å². The van der Waals surface area contributed by atoms with Crippen LogP contribution in [0, 0.1) is 5.92 Å². The summed E-state index contributed by atoms with van der Waals surface area (Å²) in [6.07, 6.45) is -2.82. The summed E-state index contributed by atoms with van der Waals surface area (Å²) in [4.78, 5) is 13.3. The fraction of sp³-hybridized carbons (Fsp3) is 0.435. The summed E-state index contributed by atoms with van der Waals surface area (Å²) in [5.74, 6) is -0.406. The Morgan fingerprint density at radius 2 is 1.69 bits per heavy atom. The molecular formula is C23H26F3NO2. The van der Waals surface area contributed by atoms with E-state index >= 15 is 0 Å². The lowest BCUT2D eigenvalue weighted by atomic mass is 9.86. The second kappa shape index (κ2) is 8.47. The van der Waals surface area contributed by atoms with Gasteiger partial charge in [0.15, 0.2) is 0 Å². The van der Waals surface area contributed by atoms with Crippen LogP contribution in [0.2, 0.25) is 0 Å². The number of aliphatic carboxylic acids is 1. The summed E-state index contributed by atoms with van der Waals surface area (Å²) in [7, 11) is 0. The summed E-state index contributed by atoms with van der Waals surface area (Å²) in [6.45, 7) is 4.80. The van der Waals surface area contributed by atoms with Gasteiger partial charge in [0, 0.05) is 18.7 Å². The quantitative estimate of drug-likeness (QED) is 0.638. The average molecular weight is 405 g/mol. The molecule has 156 valence electrons. The molecule has 1 aliphatic heterocycles. The number of halogens is 3. The summed E-state index contributed by atoms with van der Waals surface area (Å²) >= 11 is 0. The van der Waals surface area contributed by atoms with Crippen molar-refractivity contribution in [3.63, 3.8) is 0 Å². The average Bonchev–Trinajstić information content (AvgIpc) is 2.67. The van der Waals surface area contributed by atoms with Gasteiger partial charge >= 0.3 is 12.1 Å². The molecule has 2 aromatic carbocycles. The highest BCUT2D eigenvalue weighted by Crippen LogP contribution is 2.39. The number of carboxylic acids is 1. The van der Waals surface area contributed by atoms with Crippen molar-refractivity contribution < 1.29 is 23.1 Å². The van der Waals surface area contributed by atoms with Gasteiger partial charge in [0.2, 0.25) is 0 Å². The van der Waals surface area contributed by atoms with Crippen molar-refractivity contribution in [2.45, 2.75) is 51.2 Å². The minimum absolute atomic E-state index is 0.0166. The Bertz CT molecular complexity index is 829. The van der Waals surface area contributed by atoms with E-state index in [9.17, 15) is 23.1 Å². The molecule has 0 unspecified atom stereocenters. The largest absolute Gasteiger partial charge is 0.481 e. The van der Waals surface area contributed by atoms with Gasteiger partial charge in [-0.15, -0.1) is 0 Å². The number of piperidine rings is 1. The Morgan fingerprint density at radius 3 is 2.21 bits per heavy atom. The van der Waals surface area contributed by atoms with Crippen molar-refractivity contribution in [2.75, 3.05) is 11.4 Å². The smallest absolute Gasteiger partial charge is 0.416 e. The molecule has 6 heteroatoms. The summed E-state index contributed by atoms with van der Waals surface area (Å²) < 4.78 is 38.7. The van der Waals surface area contributed by atoms with Crippen molar-refractivity contribution >= 4 is 11.7 Å². The van der Waals surface area contributed by atoms with Gasteiger partial charge in [-0.3, -0.25) is 4.79 Å². The monoisotopic (exact) mass is 405 g/mol. The van der Waals surface area contributed by atoms with Crippen LogP contribution in [0.1, 0.15) is 61.8 Å².